The zero-order chi connectivity index (χ0) is 9.68. The van der Waals surface area contributed by atoms with E-state index in [1.54, 1.807) is 0 Å². The van der Waals surface area contributed by atoms with Crippen molar-refractivity contribution in [3.63, 3.8) is 0 Å². The first-order valence-electron chi connectivity index (χ1n) is 3.52. The Hall–Kier alpha value is -1.91. The topological polar surface area (TPSA) is 67.5 Å². The lowest BCUT2D eigenvalue weighted by Crippen LogP contribution is -2.13. The molecule has 0 saturated heterocycles. The smallest absolute Gasteiger partial charge is 0.268 e. The van der Waals surface area contributed by atoms with Crippen molar-refractivity contribution in [2.45, 2.75) is 0 Å². The Morgan fingerprint density at radius 1 is 1.46 bits per heavy atom. The minimum Gasteiger partial charge on any atom is -0.323 e. The number of nitrogens with one attached hydrogen (secondary N) is 1. The van der Waals surface area contributed by atoms with Crippen molar-refractivity contribution < 1.29 is 9.18 Å². The molecule has 1 amide bonds. The number of anilines is 1. The summed E-state index contributed by atoms with van der Waals surface area (Å²) < 4.78 is 12.4. The van der Waals surface area contributed by atoms with E-state index < -0.39 is 5.91 Å². The van der Waals surface area contributed by atoms with E-state index in [0.29, 0.717) is 5.69 Å². The van der Waals surface area contributed by atoms with Gasteiger partial charge in [0.25, 0.3) is 5.91 Å². The van der Waals surface area contributed by atoms with Gasteiger partial charge in [0.1, 0.15) is 12.0 Å². The largest absolute Gasteiger partial charge is 0.323 e. The molecule has 4 nitrogen and oxygen atoms in total. The summed E-state index contributed by atoms with van der Waals surface area (Å²) in [5.74, 6) is 3.95. The number of carbonyl (C=O) groups excluding carboxylic acids is 1. The number of amides is 1. The molecule has 0 spiro atoms. The highest BCUT2D eigenvalue weighted by Gasteiger charge is 1.97. The fourth-order valence-electron chi connectivity index (χ4n) is 0.775. The molecule has 0 aromatic heterocycles. The zero-order valence-electron chi connectivity index (χ0n) is 6.70. The Morgan fingerprint density at radius 2 is 2.08 bits per heavy atom. The zero-order valence-corrected chi connectivity index (χ0v) is 6.70. The second-order valence-electron chi connectivity index (χ2n) is 2.27. The number of hydrazone groups is 1. The number of nitrogens with zero attached hydrogens (tertiary/aromatic N) is 1. The number of benzene rings is 1. The van der Waals surface area contributed by atoms with Gasteiger partial charge in [0.15, 0.2) is 0 Å². The highest BCUT2D eigenvalue weighted by molar-refractivity contribution is 6.31. The van der Waals surface area contributed by atoms with Crippen molar-refractivity contribution in [2.75, 3.05) is 5.32 Å². The average Bonchev–Trinajstić information content (AvgIpc) is 2.09. The van der Waals surface area contributed by atoms with Crippen molar-refractivity contribution >= 4 is 17.8 Å². The van der Waals surface area contributed by atoms with Crippen LogP contribution < -0.4 is 11.2 Å². The molecular formula is C8H8FN3O. The first-order chi connectivity index (χ1) is 6.22. The van der Waals surface area contributed by atoms with E-state index in [4.69, 9.17) is 5.84 Å². The summed E-state index contributed by atoms with van der Waals surface area (Å²) in [6, 6.07) is 5.37. The van der Waals surface area contributed by atoms with Crippen LogP contribution in [0.5, 0.6) is 0 Å². The molecule has 0 aliphatic carbocycles. The van der Waals surface area contributed by atoms with Gasteiger partial charge in [-0.15, -0.1) is 0 Å². The fourth-order valence-corrected chi connectivity index (χ4v) is 0.775. The van der Waals surface area contributed by atoms with E-state index in [1.807, 2.05) is 0 Å². The molecule has 0 unspecified atom stereocenters. The number of rotatable bonds is 2. The fraction of sp³-hybridized carbons (Fsp3) is 0. The molecule has 0 radical (unpaired) electrons. The van der Waals surface area contributed by atoms with Gasteiger partial charge in [-0.3, -0.25) is 4.79 Å². The van der Waals surface area contributed by atoms with Crippen LogP contribution in [0.3, 0.4) is 0 Å². The number of halogens is 1. The summed E-state index contributed by atoms with van der Waals surface area (Å²) in [5.41, 5.74) is 0.492. The van der Waals surface area contributed by atoms with Gasteiger partial charge in [-0.2, -0.15) is 5.10 Å². The maximum Gasteiger partial charge on any atom is 0.268 e. The SMILES string of the molecule is N/N=C\C(=O)Nc1ccc(F)cc1. The van der Waals surface area contributed by atoms with Crippen molar-refractivity contribution in [3.05, 3.63) is 30.1 Å². The molecule has 0 heterocycles. The standard InChI is InChI=1S/C8H8FN3O/c9-6-1-3-7(4-2-6)12-8(13)5-11-10/h1-5H,10H2,(H,12,13)/b11-5-. The maximum atomic E-state index is 12.4. The molecule has 0 bridgehead atoms. The van der Waals surface area contributed by atoms with E-state index in [1.165, 1.54) is 24.3 Å². The van der Waals surface area contributed by atoms with Crippen LogP contribution >= 0.6 is 0 Å². The predicted molar refractivity (Wildman–Crippen MR) is 47.7 cm³/mol. The van der Waals surface area contributed by atoms with Crippen LogP contribution in [0.4, 0.5) is 10.1 Å². The Balaban J connectivity index is 2.64. The summed E-state index contributed by atoms with van der Waals surface area (Å²) in [5, 5.41) is 5.47. The first kappa shape index (κ1) is 9.18. The number of nitrogens with two attached hydrogens (primary N) is 1. The summed E-state index contributed by atoms with van der Waals surface area (Å²) >= 11 is 0. The Bertz CT molecular complexity index is 321. The van der Waals surface area contributed by atoms with Crippen LogP contribution in [0, 0.1) is 5.82 Å². The van der Waals surface area contributed by atoms with Gasteiger partial charge in [0.2, 0.25) is 0 Å². The number of hydrogen-bond donors (Lipinski definition) is 2. The summed E-state index contributed by atoms with van der Waals surface area (Å²) in [4.78, 5) is 10.9. The van der Waals surface area contributed by atoms with Gasteiger partial charge < -0.3 is 11.2 Å². The normalized spacial score (nSPS) is 10.2. The number of hydrogen-bond acceptors (Lipinski definition) is 3. The average molecular weight is 181 g/mol. The third kappa shape index (κ3) is 2.90. The molecule has 68 valence electrons. The molecule has 1 aromatic rings. The molecule has 1 aromatic carbocycles. The molecular weight excluding hydrogens is 173 g/mol. The van der Waals surface area contributed by atoms with E-state index in [0.717, 1.165) is 6.21 Å². The molecule has 0 fully saturated rings. The van der Waals surface area contributed by atoms with Gasteiger partial charge in [-0.1, -0.05) is 0 Å². The van der Waals surface area contributed by atoms with Crippen molar-refractivity contribution in [3.8, 4) is 0 Å². The van der Waals surface area contributed by atoms with Gasteiger partial charge in [-0.05, 0) is 24.3 Å². The Morgan fingerprint density at radius 3 is 2.62 bits per heavy atom. The first-order valence-corrected chi connectivity index (χ1v) is 3.52. The van der Waals surface area contributed by atoms with Gasteiger partial charge in [0, 0.05) is 5.69 Å². The molecule has 0 aliphatic rings. The third-order valence-electron chi connectivity index (χ3n) is 1.30. The van der Waals surface area contributed by atoms with Crippen molar-refractivity contribution in [2.24, 2.45) is 10.9 Å². The van der Waals surface area contributed by atoms with Crippen LogP contribution in [-0.2, 0) is 4.79 Å². The second kappa shape index (κ2) is 4.20. The Labute approximate surface area is 74.2 Å². The lowest BCUT2D eigenvalue weighted by molar-refractivity contribution is -0.110. The van der Waals surface area contributed by atoms with E-state index in [-0.39, 0.29) is 5.82 Å². The van der Waals surface area contributed by atoms with E-state index in [2.05, 4.69) is 10.4 Å². The molecule has 0 aliphatic heterocycles. The van der Waals surface area contributed by atoms with E-state index >= 15 is 0 Å². The molecule has 0 atom stereocenters. The van der Waals surface area contributed by atoms with Gasteiger partial charge in [0.05, 0.1) is 0 Å². The molecule has 5 heteroatoms. The van der Waals surface area contributed by atoms with Gasteiger partial charge in [-0.25, -0.2) is 4.39 Å². The quantitative estimate of drug-likeness (QED) is 0.401. The lowest BCUT2D eigenvalue weighted by atomic mass is 10.3. The second-order valence-corrected chi connectivity index (χ2v) is 2.27. The predicted octanol–water partition coefficient (Wildman–Crippen LogP) is 0.709. The van der Waals surface area contributed by atoms with Gasteiger partial charge >= 0.3 is 0 Å². The third-order valence-corrected chi connectivity index (χ3v) is 1.30. The maximum absolute atomic E-state index is 12.4. The Kier molecular flexibility index (Phi) is 2.97. The van der Waals surface area contributed by atoms with Crippen LogP contribution in [0.15, 0.2) is 29.4 Å². The summed E-state index contributed by atoms with van der Waals surface area (Å²) in [6.45, 7) is 0. The summed E-state index contributed by atoms with van der Waals surface area (Å²) in [7, 11) is 0. The molecule has 3 N–H and O–H groups in total. The van der Waals surface area contributed by atoms with E-state index in [9.17, 15) is 9.18 Å². The van der Waals surface area contributed by atoms with Crippen molar-refractivity contribution in [1.29, 1.82) is 0 Å². The molecule has 0 saturated carbocycles. The number of carbonyl (C=O) groups is 1. The summed E-state index contributed by atoms with van der Waals surface area (Å²) in [6.07, 6.45) is 0.934. The highest BCUT2D eigenvalue weighted by Crippen LogP contribution is 2.07. The minimum atomic E-state index is -0.450. The van der Waals surface area contributed by atoms with Crippen LogP contribution in [0.1, 0.15) is 0 Å². The van der Waals surface area contributed by atoms with Crippen LogP contribution in [-0.4, -0.2) is 12.1 Å². The van der Waals surface area contributed by atoms with Crippen LogP contribution in [0.25, 0.3) is 0 Å². The minimum absolute atomic E-state index is 0.356. The molecule has 1 rings (SSSR count). The lowest BCUT2D eigenvalue weighted by Gasteiger charge is -1.99. The monoisotopic (exact) mass is 181 g/mol. The van der Waals surface area contributed by atoms with Crippen molar-refractivity contribution in [1.82, 2.24) is 0 Å². The van der Waals surface area contributed by atoms with Crippen LogP contribution in [0.2, 0.25) is 0 Å². The highest BCUT2D eigenvalue weighted by atomic mass is 19.1. The molecule has 13 heavy (non-hydrogen) atoms.